The fraction of sp³-hybridized carbons (Fsp3) is 0. The van der Waals surface area contributed by atoms with E-state index in [9.17, 15) is 0 Å². The molecule has 0 aliphatic heterocycles. The maximum atomic E-state index is 5.45. The number of hydrogen-bond acceptors (Lipinski definition) is 5. The molecule has 0 bridgehead atoms. The van der Waals surface area contributed by atoms with Crippen LogP contribution in [0.4, 0.5) is 0 Å². The summed E-state index contributed by atoms with van der Waals surface area (Å²) in [5.41, 5.74) is 14.1. The molecule has 11 aromatic rings. The lowest BCUT2D eigenvalue weighted by atomic mass is 9.91. The van der Waals surface area contributed by atoms with Gasteiger partial charge in [-0.15, -0.1) is 11.3 Å². The van der Waals surface area contributed by atoms with Crippen LogP contribution in [-0.4, -0.2) is 19.9 Å². The van der Waals surface area contributed by atoms with E-state index in [4.69, 9.17) is 19.9 Å². The van der Waals surface area contributed by atoms with Crippen LogP contribution >= 0.6 is 11.3 Å². The average Bonchev–Trinajstić information content (AvgIpc) is 3.73. The minimum atomic E-state index is 0.622. The van der Waals surface area contributed by atoms with Crippen molar-refractivity contribution in [3.05, 3.63) is 218 Å². The Hall–Kier alpha value is -7.86. The zero-order valence-corrected chi connectivity index (χ0v) is 33.8. The van der Waals surface area contributed by atoms with Crippen molar-refractivity contribution >= 4 is 31.6 Å². The van der Waals surface area contributed by atoms with Crippen LogP contribution in [0.2, 0.25) is 0 Å². The van der Waals surface area contributed by atoms with E-state index in [0.29, 0.717) is 11.6 Å². The number of thiophene rings is 1. The largest absolute Gasteiger partial charge is 0.228 e. The fourth-order valence-electron chi connectivity index (χ4n) is 8.09. The van der Waals surface area contributed by atoms with Gasteiger partial charge in [0.2, 0.25) is 0 Å². The first kappa shape index (κ1) is 36.2. The summed E-state index contributed by atoms with van der Waals surface area (Å²) in [4.78, 5) is 22.3. The van der Waals surface area contributed by atoms with Gasteiger partial charge in [0.15, 0.2) is 11.6 Å². The zero-order chi connectivity index (χ0) is 40.5. The van der Waals surface area contributed by atoms with E-state index in [-0.39, 0.29) is 0 Å². The maximum absolute atomic E-state index is 5.45. The summed E-state index contributed by atoms with van der Waals surface area (Å²) in [7, 11) is 0. The van der Waals surface area contributed by atoms with E-state index in [1.165, 1.54) is 4.70 Å². The molecule has 0 atom stereocenters. The number of aromatic nitrogens is 4. The van der Waals surface area contributed by atoms with Crippen LogP contribution in [0.5, 0.6) is 0 Å². The highest BCUT2D eigenvalue weighted by molar-refractivity contribution is 7.25. The van der Waals surface area contributed by atoms with Crippen molar-refractivity contribution in [2.24, 2.45) is 0 Å². The van der Waals surface area contributed by atoms with Crippen molar-refractivity contribution in [3.63, 3.8) is 0 Å². The number of nitrogens with zero attached hydrogens (tertiary/aromatic N) is 4. The summed E-state index contributed by atoms with van der Waals surface area (Å²) in [6.07, 6.45) is 0. The number of benzene rings is 8. The van der Waals surface area contributed by atoms with Gasteiger partial charge in [-0.3, -0.25) is 0 Å². The van der Waals surface area contributed by atoms with Crippen LogP contribution in [0.25, 0.3) is 110 Å². The van der Waals surface area contributed by atoms with Crippen LogP contribution < -0.4 is 0 Å². The first-order chi connectivity index (χ1) is 30.2. The smallest absolute Gasteiger partial charge is 0.161 e. The van der Waals surface area contributed by atoms with Crippen LogP contribution in [0.3, 0.4) is 0 Å². The van der Waals surface area contributed by atoms with Gasteiger partial charge in [-0.2, -0.15) is 0 Å². The molecule has 0 saturated carbocycles. The van der Waals surface area contributed by atoms with Gasteiger partial charge in [0.25, 0.3) is 0 Å². The standard InChI is InChI=1S/C56H36N4S/c1-6-18-37(19-7-1)42-30-43(38-20-8-2-9-21-38)32-44(31-42)45-33-46(54-57-49(39-22-10-3-11-23-39)36-50(58-54)40-24-12-4-13-25-40)35-47(34-45)55-59-53(41-26-14-5-15-27-41)52-48-28-16-17-29-51(48)61-56(52)60-55/h1-36H. The predicted molar refractivity (Wildman–Crippen MR) is 254 cm³/mol. The van der Waals surface area contributed by atoms with Gasteiger partial charge in [-0.05, 0) is 81.9 Å². The Morgan fingerprint density at radius 1 is 0.279 bits per heavy atom. The molecule has 0 unspecified atom stereocenters. The van der Waals surface area contributed by atoms with Crippen LogP contribution in [-0.2, 0) is 0 Å². The molecule has 0 spiro atoms. The molecule has 0 saturated heterocycles. The molecule has 0 radical (unpaired) electrons. The number of hydrogen-bond donors (Lipinski definition) is 0. The van der Waals surface area contributed by atoms with E-state index < -0.39 is 0 Å². The molecule has 0 aliphatic carbocycles. The molecule has 4 nitrogen and oxygen atoms in total. The van der Waals surface area contributed by atoms with Gasteiger partial charge < -0.3 is 0 Å². The Balaban J connectivity index is 1.19. The van der Waals surface area contributed by atoms with Gasteiger partial charge in [0.1, 0.15) is 4.83 Å². The van der Waals surface area contributed by atoms with Gasteiger partial charge in [-0.1, -0.05) is 170 Å². The highest BCUT2D eigenvalue weighted by Gasteiger charge is 2.20. The molecule has 5 heteroatoms. The zero-order valence-electron chi connectivity index (χ0n) is 33.0. The van der Waals surface area contributed by atoms with E-state index in [1.807, 2.05) is 42.5 Å². The number of rotatable bonds is 8. The van der Waals surface area contributed by atoms with Crippen molar-refractivity contribution in [2.75, 3.05) is 0 Å². The molecule has 286 valence electrons. The highest BCUT2D eigenvalue weighted by atomic mass is 32.1. The molecule has 8 aromatic carbocycles. The Morgan fingerprint density at radius 2 is 0.656 bits per heavy atom. The topological polar surface area (TPSA) is 51.6 Å². The van der Waals surface area contributed by atoms with Crippen molar-refractivity contribution in [1.29, 1.82) is 0 Å². The van der Waals surface area contributed by atoms with Crippen molar-refractivity contribution < 1.29 is 0 Å². The normalized spacial score (nSPS) is 11.3. The number of fused-ring (bicyclic) bond motifs is 3. The lowest BCUT2D eigenvalue weighted by Crippen LogP contribution is -1.98. The fourth-order valence-corrected chi connectivity index (χ4v) is 9.16. The molecule has 3 heterocycles. The van der Waals surface area contributed by atoms with Gasteiger partial charge in [0.05, 0.1) is 17.1 Å². The molecular weight excluding hydrogens is 761 g/mol. The first-order valence-electron chi connectivity index (χ1n) is 20.4. The Bertz CT molecular complexity index is 3070. The minimum absolute atomic E-state index is 0.622. The third-order valence-electron chi connectivity index (χ3n) is 11.1. The second kappa shape index (κ2) is 15.7. The van der Waals surface area contributed by atoms with Crippen molar-refractivity contribution in [3.8, 4) is 89.9 Å². The molecule has 11 rings (SSSR count). The highest BCUT2D eigenvalue weighted by Crippen LogP contribution is 2.42. The predicted octanol–water partition coefficient (Wildman–Crippen LogP) is 15.0. The Labute approximate surface area is 358 Å². The monoisotopic (exact) mass is 796 g/mol. The van der Waals surface area contributed by atoms with E-state index >= 15 is 0 Å². The summed E-state index contributed by atoms with van der Waals surface area (Å²) in [5, 5.41) is 2.23. The second-order valence-corrected chi connectivity index (χ2v) is 16.1. The average molecular weight is 797 g/mol. The summed E-state index contributed by atoms with van der Waals surface area (Å²) < 4.78 is 1.18. The SMILES string of the molecule is c1ccc(-c2cc(-c3ccccc3)cc(-c3cc(-c4nc(-c5ccccc5)cc(-c5ccccc5)n4)cc(-c4nc(-c5ccccc5)c5c(n4)sc4ccccc45)c3)c2)cc1. The van der Waals surface area contributed by atoms with Crippen LogP contribution in [0.1, 0.15) is 0 Å². The van der Waals surface area contributed by atoms with E-state index in [0.717, 1.165) is 93.9 Å². The molecule has 61 heavy (non-hydrogen) atoms. The molecular formula is C56H36N4S. The minimum Gasteiger partial charge on any atom is -0.228 e. The lowest BCUT2D eigenvalue weighted by Gasteiger charge is -2.15. The first-order valence-corrected chi connectivity index (χ1v) is 21.2. The van der Waals surface area contributed by atoms with Crippen LogP contribution in [0, 0.1) is 0 Å². The summed E-state index contributed by atoms with van der Waals surface area (Å²) in [6.45, 7) is 0. The van der Waals surface area contributed by atoms with Crippen LogP contribution in [0.15, 0.2) is 218 Å². The Morgan fingerprint density at radius 3 is 1.16 bits per heavy atom. The lowest BCUT2D eigenvalue weighted by molar-refractivity contribution is 1.18. The molecule has 3 aromatic heterocycles. The van der Waals surface area contributed by atoms with Crippen molar-refractivity contribution in [2.45, 2.75) is 0 Å². The van der Waals surface area contributed by atoms with Gasteiger partial charge in [0, 0.05) is 43.3 Å². The summed E-state index contributed by atoms with van der Waals surface area (Å²) in [6, 6.07) is 76.3. The van der Waals surface area contributed by atoms with E-state index in [1.54, 1.807) is 11.3 Å². The van der Waals surface area contributed by atoms with Crippen molar-refractivity contribution in [1.82, 2.24) is 19.9 Å². The second-order valence-electron chi connectivity index (χ2n) is 15.1. The Kier molecular flexibility index (Phi) is 9.34. The maximum Gasteiger partial charge on any atom is 0.161 e. The quantitative estimate of drug-likeness (QED) is 0.154. The van der Waals surface area contributed by atoms with Gasteiger partial charge >= 0.3 is 0 Å². The molecule has 0 amide bonds. The van der Waals surface area contributed by atoms with E-state index in [2.05, 4.69) is 176 Å². The molecule has 0 fully saturated rings. The third-order valence-corrected chi connectivity index (χ3v) is 12.1. The van der Waals surface area contributed by atoms with Gasteiger partial charge in [-0.25, -0.2) is 19.9 Å². The molecule has 0 N–H and O–H groups in total. The summed E-state index contributed by atoms with van der Waals surface area (Å²) in [5.74, 6) is 1.27. The molecule has 0 aliphatic rings. The summed E-state index contributed by atoms with van der Waals surface area (Å²) >= 11 is 1.70. The third kappa shape index (κ3) is 7.18.